The highest BCUT2D eigenvalue weighted by Crippen LogP contribution is 1.79. The van der Waals surface area contributed by atoms with Crippen LogP contribution in [-0.2, 0) is 0 Å². The summed E-state index contributed by atoms with van der Waals surface area (Å²) < 4.78 is 2.22. The first-order chi connectivity index (χ1) is 4.41. The van der Waals surface area contributed by atoms with E-state index in [1.165, 1.54) is 0 Å². The van der Waals surface area contributed by atoms with Crippen LogP contribution in [0.4, 0.5) is 0 Å². The van der Waals surface area contributed by atoms with E-state index in [1.54, 1.807) is 0 Å². The number of rotatable bonds is 0. The van der Waals surface area contributed by atoms with Crippen molar-refractivity contribution in [3.05, 3.63) is 36.4 Å². The Morgan fingerprint density at radius 1 is 0.889 bits per heavy atom. The van der Waals surface area contributed by atoms with Gasteiger partial charge in [0.25, 0.3) is 0 Å². The van der Waals surface area contributed by atoms with Crippen LogP contribution in [0.5, 0.6) is 0 Å². The first-order valence-electron chi connectivity index (χ1n) is 2.48. The first-order valence-corrected chi connectivity index (χ1v) is 3.56. The minimum Gasteiger partial charge on any atom is -0.109 e. The number of hydrogen-bond donors (Lipinski definition) is 0. The van der Waals surface area contributed by atoms with E-state index in [2.05, 4.69) is 10.4 Å². The van der Waals surface area contributed by atoms with Crippen molar-refractivity contribution in [3.63, 3.8) is 0 Å². The highest BCUT2D eigenvalue weighted by molar-refractivity contribution is 14.1. The summed E-state index contributed by atoms with van der Waals surface area (Å²) >= 11 is 1.82. The molecule has 0 N–H and O–H groups in total. The van der Waals surface area contributed by atoms with E-state index in [1.807, 2.05) is 59.0 Å². The summed E-state index contributed by atoms with van der Waals surface area (Å²) in [5, 5.41) is 0. The molecule has 9 heavy (non-hydrogen) atoms. The molecule has 1 heteroatoms. The lowest BCUT2D eigenvalue weighted by atomic mass is 10.4. The van der Waals surface area contributed by atoms with Crippen molar-refractivity contribution in [2.75, 3.05) is 0 Å². The van der Waals surface area contributed by atoms with Crippen LogP contribution in [0.3, 0.4) is 0 Å². The summed E-state index contributed by atoms with van der Waals surface area (Å²) in [4.78, 5) is 0. The molecule has 1 aromatic carbocycles. The number of benzene rings is 1. The SMILES string of the molecule is C#CI.c1ccccc1. The molecule has 0 saturated heterocycles. The van der Waals surface area contributed by atoms with Gasteiger partial charge in [-0.25, -0.2) is 0 Å². The Bertz CT molecular complexity index is 135. The molecular weight excluding hydrogens is 223 g/mol. The van der Waals surface area contributed by atoms with Gasteiger partial charge in [-0.05, 0) is 3.93 Å². The highest BCUT2D eigenvalue weighted by atomic mass is 127. The van der Waals surface area contributed by atoms with Crippen LogP contribution in [0.25, 0.3) is 0 Å². The van der Waals surface area contributed by atoms with Gasteiger partial charge in [-0.3, -0.25) is 0 Å². The highest BCUT2D eigenvalue weighted by Gasteiger charge is 1.57. The van der Waals surface area contributed by atoms with Crippen molar-refractivity contribution >= 4 is 22.6 Å². The molecule has 0 heterocycles. The second-order valence-electron chi connectivity index (χ2n) is 1.26. The zero-order valence-electron chi connectivity index (χ0n) is 4.92. The monoisotopic (exact) mass is 230 g/mol. The quantitative estimate of drug-likeness (QED) is 0.474. The van der Waals surface area contributed by atoms with Crippen LogP contribution in [-0.4, -0.2) is 0 Å². The van der Waals surface area contributed by atoms with Crippen LogP contribution >= 0.6 is 22.6 Å². The van der Waals surface area contributed by atoms with E-state index < -0.39 is 0 Å². The zero-order chi connectivity index (χ0) is 6.95. The number of halogens is 1. The van der Waals surface area contributed by atoms with Gasteiger partial charge in [0.1, 0.15) is 0 Å². The van der Waals surface area contributed by atoms with Gasteiger partial charge in [-0.15, -0.1) is 6.42 Å². The molecular formula is C8H7I. The molecule has 0 aromatic heterocycles. The van der Waals surface area contributed by atoms with Crippen LogP contribution in [0.1, 0.15) is 0 Å². The predicted molar refractivity (Wildman–Crippen MR) is 49.3 cm³/mol. The third kappa shape index (κ3) is 7.51. The smallest absolute Gasteiger partial charge is 0.0178 e. The van der Waals surface area contributed by atoms with Gasteiger partial charge in [0, 0.05) is 22.6 Å². The second kappa shape index (κ2) is 7.51. The first kappa shape index (κ1) is 8.51. The Morgan fingerprint density at radius 2 is 1.00 bits per heavy atom. The van der Waals surface area contributed by atoms with Gasteiger partial charge >= 0.3 is 0 Å². The lowest BCUT2D eigenvalue weighted by Gasteiger charge is -1.69. The van der Waals surface area contributed by atoms with E-state index in [-0.39, 0.29) is 0 Å². The topological polar surface area (TPSA) is 0 Å². The van der Waals surface area contributed by atoms with Crippen molar-refractivity contribution in [2.45, 2.75) is 0 Å². The summed E-state index contributed by atoms with van der Waals surface area (Å²) in [6, 6.07) is 12.0. The molecule has 0 saturated carbocycles. The van der Waals surface area contributed by atoms with Gasteiger partial charge in [0.15, 0.2) is 0 Å². The number of terminal acetylenes is 1. The largest absolute Gasteiger partial charge is 0.109 e. The maximum Gasteiger partial charge on any atom is 0.0178 e. The average Bonchev–Trinajstić information content (AvgIpc) is 1.93. The third-order valence-electron chi connectivity index (χ3n) is 0.667. The van der Waals surface area contributed by atoms with E-state index in [0.29, 0.717) is 0 Å². The molecule has 0 spiro atoms. The Kier molecular flexibility index (Phi) is 7.10. The fourth-order valence-corrected chi connectivity index (χ4v) is 0.385. The normalized spacial score (nSPS) is 6.22. The van der Waals surface area contributed by atoms with E-state index in [0.717, 1.165) is 0 Å². The van der Waals surface area contributed by atoms with Crippen LogP contribution in [0, 0.1) is 10.4 Å². The number of hydrogen-bond acceptors (Lipinski definition) is 0. The van der Waals surface area contributed by atoms with Crippen molar-refractivity contribution in [3.8, 4) is 10.4 Å². The molecule has 46 valence electrons. The Labute approximate surface area is 69.4 Å². The minimum atomic E-state index is 1.82. The molecule has 0 aliphatic carbocycles. The van der Waals surface area contributed by atoms with Crippen molar-refractivity contribution in [1.82, 2.24) is 0 Å². The minimum absolute atomic E-state index is 1.82. The standard InChI is InChI=1S/C6H6.C2HI/c1-2-4-6-5-3-1;1-2-3/h1-6H;1H. The molecule has 0 aliphatic heterocycles. The van der Waals surface area contributed by atoms with E-state index in [9.17, 15) is 0 Å². The second-order valence-corrected chi connectivity index (χ2v) is 1.89. The summed E-state index contributed by atoms with van der Waals surface area (Å²) in [5.74, 6) is 0. The molecule has 1 rings (SSSR count). The molecule has 0 atom stereocenters. The predicted octanol–water partition coefficient (Wildman–Crippen LogP) is 2.70. The molecule has 0 bridgehead atoms. The summed E-state index contributed by atoms with van der Waals surface area (Å²) in [6.07, 6.45) is 4.58. The van der Waals surface area contributed by atoms with Gasteiger partial charge in [0.2, 0.25) is 0 Å². The lowest BCUT2D eigenvalue weighted by molar-refractivity contribution is 1.72. The van der Waals surface area contributed by atoms with Crippen LogP contribution < -0.4 is 0 Å². The Balaban J connectivity index is 0.000000187. The molecule has 1 aromatic rings. The lowest BCUT2D eigenvalue weighted by Crippen LogP contribution is -1.47. The Morgan fingerprint density at radius 3 is 1.11 bits per heavy atom. The molecule has 0 nitrogen and oxygen atoms in total. The molecule has 0 amide bonds. The molecule has 0 fully saturated rings. The summed E-state index contributed by atoms with van der Waals surface area (Å²) in [5.41, 5.74) is 0. The van der Waals surface area contributed by atoms with Crippen LogP contribution in [0.15, 0.2) is 36.4 Å². The molecule has 0 unspecified atom stereocenters. The van der Waals surface area contributed by atoms with Crippen molar-refractivity contribution in [1.29, 1.82) is 0 Å². The maximum absolute atomic E-state index is 4.58. The van der Waals surface area contributed by atoms with Gasteiger partial charge < -0.3 is 0 Å². The molecule has 0 aliphatic rings. The van der Waals surface area contributed by atoms with E-state index >= 15 is 0 Å². The van der Waals surface area contributed by atoms with Crippen molar-refractivity contribution in [2.24, 2.45) is 0 Å². The van der Waals surface area contributed by atoms with Gasteiger partial charge in [-0.2, -0.15) is 0 Å². The zero-order valence-corrected chi connectivity index (χ0v) is 7.08. The fourth-order valence-electron chi connectivity index (χ4n) is 0.385. The third-order valence-corrected chi connectivity index (χ3v) is 0.667. The summed E-state index contributed by atoms with van der Waals surface area (Å²) in [6.45, 7) is 0. The van der Waals surface area contributed by atoms with Crippen molar-refractivity contribution < 1.29 is 0 Å². The van der Waals surface area contributed by atoms with Gasteiger partial charge in [0.05, 0.1) is 0 Å². The molecule has 0 radical (unpaired) electrons. The summed E-state index contributed by atoms with van der Waals surface area (Å²) in [7, 11) is 0. The Hall–Kier alpha value is -0.490. The van der Waals surface area contributed by atoms with Gasteiger partial charge in [-0.1, -0.05) is 36.4 Å². The fraction of sp³-hybridized carbons (Fsp3) is 0. The average molecular weight is 230 g/mol. The van der Waals surface area contributed by atoms with Crippen LogP contribution in [0.2, 0.25) is 0 Å². The van der Waals surface area contributed by atoms with E-state index in [4.69, 9.17) is 0 Å². The maximum atomic E-state index is 4.58.